The molecule has 192 valence electrons. The Balaban J connectivity index is 1.34. The highest BCUT2D eigenvalue weighted by Gasteiger charge is 2.26. The summed E-state index contributed by atoms with van der Waals surface area (Å²) in [6, 6.07) is 10.9. The lowest BCUT2D eigenvalue weighted by Crippen LogP contribution is -2.39. The van der Waals surface area contributed by atoms with E-state index in [1.54, 1.807) is 21.9 Å². The van der Waals surface area contributed by atoms with Crippen LogP contribution in [-0.4, -0.2) is 60.3 Å². The van der Waals surface area contributed by atoms with E-state index in [-0.39, 0.29) is 17.8 Å². The van der Waals surface area contributed by atoms with E-state index in [0.717, 1.165) is 48.2 Å². The molecule has 2 aromatic carbocycles. The van der Waals surface area contributed by atoms with E-state index < -0.39 is 5.82 Å². The highest BCUT2D eigenvalue weighted by molar-refractivity contribution is 6.07. The molecule has 6 N–H and O–H groups in total. The Morgan fingerprint density at radius 2 is 1.51 bits per heavy atom. The first-order chi connectivity index (χ1) is 17.8. The first-order valence-corrected chi connectivity index (χ1v) is 12.6. The van der Waals surface area contributed by atoms with Crippen molar-refractivity contribution in [1.29, 1.82) is 10.8 Å². The van der Waals surface area contributed by atoms with E-state index in [4.69, 9.17) is 22.3 Å². The average Bonchev–Trinajstić information content (AvgIpc) is 2.92. The zero-order chi connectivity index (χ0) is 26.1. The maximum Gasteiger partial charge on any atom is 0.258 e. The standard InChI is InChI=1S/C28H32FN7O/c29-24-17-22(3-5-23(24)19-9-14-35(15-10-19)28(32)33)26(37)36-11-1-2-21-16-20(4-6-25(21)36)18-7-12-34(13-8-18)27(30)31/h3-7,9,16-17H,1-2,8,10-15H2,(H3,30,31)(H3,32,33). The SMILES string of the molecule is N=C(N)N1CC=C(c2ccc3c(c2)CCCN3C(=O)c2ccc(C3=CCN(C(=N)N)CC3)c(F)c2)CC1. The number of carbonyl (C=O) groups excluding carboxylic acids is 1. The van der Waals surface area contributed by atoms with Gasteiger partial charge in [0.1, 0.15) is 5.82 Å². The van der Waals surface area contributed by atoms with E-state index in [1.807, 2.05) is 23.1 Å². The minimum atomic E-state index is -0.412. The number of fused-ring (bicyclic) bond motifs is 1. The number of amides is 1. The van der Waals surface area contributed by atoms with Gasteiger partial charge in [0, 0.05) is 49.5 Å². The summed E-state index contributed by atoms with van der Waals surface area (Å²) in [6.07, 6.45) is 7.15. The summed E-state index contributed by atoms with van der Waals surface area (Å²) >= 11 is 0. The van der Waals surface area contributed by atoms with Crippen LogP contribution in [0.4, 0.5) is 10.1 Å². The minimum absolute atomic E-state index is 0.0146. The van der Waals surface area contributed by atoms with Crippen LogP contribution < -0.4 is 16.4 Å². The molecule has 0 unspecified atom stereocenters. The highest BCUT2D eigenvalue weighted by Crippen LogP contribution is 2.33. The van der Waals surface area contributed by atoms with Crippen LogP contribution in [0.3, 0.4) is 0 Å². The molecule has 0 bridgehead atoms. The molecule has 0 fully saturated rings. The molecule has 0 aliphatic carbocycles. The molecule has 3 aliphatic heterocycles. The number of nitrogens with two attached hydrogens (primary N) is 2. The molecule has 0 saturated heterocycles. The third-order valence-electron chi connectivity index (χ3n) is 7.48. The van der Waals surface area contributed by atoms with Gasteiger partial charge >= 0.3 is 0 Å². The molecular weight excluding hydrogens is 469 g/mol. The van der Waals surface area contributed by atoms with Crippen LogP contribution in [0.25, 0.3) is 11.1 Å². The topological polar surface area (TPSA) is 127 Å². The van der Waals surface area contributed by atoms with Gasteiger partial charge in [-0.3, -0.25) is 15.6 Å². The van der Waals surface area contributed by atoms with Crippen molar-refractivity contribution >= 4 is 34.7 Å². The zero-order valence-electron chi connectivity index (χ0n) is 20.8. The number of hydrogen-bond acceptors (Lipinski definition) is 3. The average molecular weight is 502 g/mol. The molecule has 5 rings (SSSR count). The van der Waals surface area contributed by atoms with Crippen LogP contribution in [0.5, 0.6) is 0 Å². The number of nitrogens with zero attached hydrogens (tertiary/aromatic N) is 3. The van der Waals surface area contributed by atoms with Gasteiger partial charge in [0.15, 0.2) is 11.9 Å². The number of rotatable bonds is 3. The highest BCUT2D eigenvalue weighted by atomic mass is 19.1. The van der Waals surface area contributed by atoms with E-state index >= 15 is 4.39 Å². The number of anilines is 1. The molecule has 3 aliphatic rings. The van der Waals surface area contributed by atoms with Crippen LogP contribution in [0.1, 0.15) is 46.3 Å². The summed E-state index contributed by atoms with van der Waals surface area (Å²) in [5.74, 6) is -0.506. The Morgan fingerprint density at radius 3 is 2.11 bits per heavy atom. The second-order valence-electron chi connectivity index (χ2n) is 9.72. The lowest BCUT2D eigenvalue weighted by molar-refractivity contribution is 0.0984. The van der Waals surface area contributed by atoms with Gasteiger partial charge in [0.2, 0.25) is 0 Å². The number of guanidine groups is 2. The number of aryl methyl sites for hydroxylation is 1. The molecule has 0 spiro atoms. The fraction of sp³-hybridized carbons (Fsp3) is 0.321. The molecule has 0 atom stereocenters. The Bertz CT molecular complexity index is 1330. The van der Waals surface area contributed by atoms with Crippen molar-refractivity contribution in [2.45, 2.75) is 25.7 Å². The fourth-order valence-corrected chi connectivity index (χ4v) is 5.35. The Hall–Kier alpha value is -4.14. The molecule has 0 saturated carbocycles. The normalized spacial score (nSPS) is 17.6. The molecule has 8 nitrogen and oxygen atoms in total. The second kappa shape index (κ2) is 10.1. The fourth-order valence-electron chi connectivity index (χ4n) is 5.35. The van der Waals surface area contributed by atoms with Crippen LogP contribution in [-0.2, 0) is 6.42 Å². The van der Waals surface area contributed by atoms with E-state index in [0.29, 0.717) is 43.7 Å². The predicted molar refractivity (Wildman–Crippen MR) is 145 cm³/mol. The largest absolute Gasteiger partial charge is 0.370 e. The van der Waals surface area contributed by atoms with Crippen molar-refractivity contribution in [3.63, 3.8) is 0 Å². The monoisotopic (exact) mass is 501 g/mol. The lowest BCUT2D eigenvalue weighted by Gasteiger charge is -2.31. The molecule has 0 aromatic heterocycles. The number of hydrogen-bond donors (Lipinski definition) is 4. The first-order valence-electron chi connectivity index (χ1n) is 12.6. The Labute approximate surface area is 216 Å². The Morgan fingerprint density at radius 1 is 0.838 bits per heavy atom. The molecule has 9 heteroatoms. The summed E-state index contributed by atoms with van der Waals surface area (Å²) in [5.41, 5.74) is 17.2. The summed E-state index contributed by atoms with van der Waals surface area (Å²) in [7, 11) is 0. The number of carbonyl (C=O) groups is 1. The zero-order valence-corrected chi connectivity index (χ0v) is 20.8. The molecular formula is C28H32FN7O. The van der Waals surface area contributed by atoms with E-state index in [2.05, 4.69) is 12.1 Å². The van der Waals surface area contributed by atoms with Crippen LogP contribution in [0.2, 0.25) is 0 Å². The van der Waals surface area contributed by atoms with Crippen molar-refractivity contribution in [2.24, 2.45) is 11.5 Å². The summed E-state index contributed by atoms with van der Waals surface area (Å²) < 4.78 is 15.1. The predicted octanol–water partition coefficient (Wildman–Crippen LogP) is 3.38. The van der Waals surface area contributed by atoms with Crippen LogP contribution >= 0.6 is 0 Å². The second-order valence-corrected chi connectivity index (χ2v) is 9.72. The van der Waals surface area contributed by atoms with E-state index in [9.17, 15) is 4.79 Å². The van der Waals surface area contributed by atoms with Gasteiger partial charge in [-0.2, -0.15) is 0 Å². The van der Waals surface area contributed by atoms with Crippen LogP contribution in [0.15, 0.2) is 48.6 Å². The van der Waals surface area contributed by atoms with Gasteiger partial charge in [0.25, 0.3) is 5.91 Å². The summed E-state index contributed by atoms with van der Waals surface area (Å²) in [6.45, 7) is 2.98. The smallest absolute Gasteiger partial charge is 0.258 e. The molecule has 0 radical (unpaired) electrons. The van der Waals surface area contributed by atoms with Crippen molar-refractivity contribution in [2.75, 3.05) is 37.6 Å². The van der Waals surface area contributed by atoms with Crippen molar-refractivity contribution < 1.29 is 9.18 Å². The third-order valence-corrected chi connectivity index (χ3v) is 7.48. The van der Waals surface area contributed by atoms with Crippen molar-refractivity contribution in [1.82, 2.24) is 9.80 Å². The maximum absolute atomic E-state index is 15.1. The summed E-state index contributed by atoms with van der Waals surface area (Å²) in [5, 5.41) is 15.2. The molecule has 1 amide bonds. The van der Waals surface area contributed by atoms with E-state index in [1.165, 1.54) is 11.6 Å². The quantitative estimate of drug-likeness (QED) is 0.379. The van der Waals surface area contributed by atoms with Crippen molar-refractivity contribution in [3.8, 4) is 0 Å². The third kappa shape index (κ3) is 4.94. The number of benzene rings is 2. The van der Waals surface area contributed by atoms with Crippen LogP contribution in [0, 0.1) is 16.6 Å². The number of nitrogens with one attached hydrogen (secondary N) is 2. The summed E-state index contributed by atoms with van der Waals surface area (Å²) in [4.78, 5) is 18.8. The number of halogens is 1. The van der Waals surface area contributed by atoms with Gasteiger partial charge in [-0.05, 0) is 72.2 Å². The Kier molecular flexibility index (Phi) is 6.69. The van der Waals surface area contributed by atoms with Gasteiger partial charge in [-0.15, -0.1) is 0 Å². The van der Waals surface area contributed by atoms with Gasteiger partial charge in [0.05, 0.1) is 0 Å². The van der Waals surface area contributed by atoms with Gasteiger partial charge < -0.3 is 26.2 Å². The molecule has 2 aromatic rings. The lowest BCUT2D eigenvalue weighted by atomic mass is 9.93. The van der Waals surface area contributed by atoms with Crippen molar-refractivity contribution in [3.05, 3.63) is 76.6 Å². The van der Waals surface area contributed by atoms with Gasteiger partial charge in [-0.1, -0.05) is 24.3 Å². The molecule has 3 heterocycles. The minimum Gasteiger partial charge on any atom is -0.370 e. The maximum atomic E-state index is 15.1. The van der Waals surface area contributed by atoms with Gasteiger partial charge in [-0.25, -0.2) is 4.39 Å². The molecule has 37 heavy (non-hydrogen) atoms. The first kappa shape index (κ1) is 24.5.